The minimum atomic E-state index is 1.09. The van der Waals surface area contributed by atoms with E-state index in [1.165, 1.54) is 81.9 Å². The van der Waals surface area contributed by atoms with Crippen LogP contribution in [0.5, 0.6) is 0 Å². The third kappa shape index (κ3) is 5.96. The predicted molar refractivity (Wildman–Crippen MR) is 264 cm³/mol. The Bertz CT molecular complexity index is 3570. The van der Waals surface area contributed by atoms with E-state index in [2.05, 4.69) is 252 Å². The summed E-state index contributed by atoms with van der Waals surface area (Å²) in [6.45, 7) is 0. The summed E-state index contributed by atoms with van der Waals surface area (Å²) >= 11 is 0. The lowest BCUT2D eigenvalue weighted by molar-refractivity contribution is 1.18. The molecule has 0 spiro atoms. The van der Waals surface area contributed by atoms with E-state index in [0.29, 0.717) is 0 Å². The fourth-order valence-corrected chi connectivity index (χ4v) is 9.67. The summed E-state index contributed by atoms with van der Waals surface area (Å²) in [4.78, 5) is 2.43. The highest BCUT2D eigenvalue weighted by molar-refractivity contribution is 6.18. The number of nitrogens with zero attached hydrogens (tertiary/aromatic N) is 2. The first-order chi connectivity index (χ1) is 30.8. The lowest BCUT2D eigenvalue weighted by Crippen LogP contribution is -2.11. The van der Waals surface area contributed by atoms with E-state index >= 15 is 0 Å². The van der Waals surface area contributed by atoms with E-state index in [-0.39, 0.29) is 0 Å². The molecular formula is C60H40N2. The van der Waals surface area contributed by atoms with Crippen molar-refractivity contribution >= 4 is 71.2 Å². The molecule has 62 heavy (non-hydrogen) atoms. The highest BCUT2D eigenvalue weighted by atomic mass is 15.1. The average molecular weight is 789 g/mol. The van der Waals surface area contributed by atoms with Crippen molar-refractivity contribution < 1.29 is 0 Å². The molecule has 1 heterocycles. The minimum Gasteiger partial charge on any atom is -0.310 e. The number of fused-ring (bicyclic) bond motifs is 8. The SMILES string of the molecule is c1ccc(-c2cc(-n3c4ccccc4c4ccccc43)ccc2-c2ccc(N(c3ccc4ccc5c6ccccc6ccc5c4c3)c3ccccc3-c3ccccc3)cc2)cc1. The molecule has 0 aliphatic rings. The van der Waals surface area contributed by atoms with Crippen molar-refractivity contribution in [1.82, 2.24) is 4.57 Å². The lowest BCUT2D eigenvalue weighted by atomic mass is 9.93. The Morgan fingerprint density at radius 2 is 0.790 bits per heavy atom. The number of hydrogen-bond donors (Lipinski definition) is 0. The van der Waals surface area contributed by atoms with Crippen molar-refractivity contribution in [1.29, 1.82) is 0 Å². The maximum Gasteiger partial charge on any atom is 0.0541 e. The molecule has 290 valence electrons. The van der Waals surface area contributed by atoms with Crippen molar-refractivity contribution in [3.63, 3.8) is 0 Å². The molecule has 0 amide bonds. The largest absolute Gasteiger partial charge is 0.310 e. The molecule has 12 aromatic rings. The van der Waals surface area contributed by atoms with E-state index in [4.69, 9.17) is 0 Å². The van der Waals surface area contributed by atoms with Crippen LogP contribution in [0.25, 0.3) is 93.2 Å². The Morgan fingerprint density at radius 1 is 0.274 bits per heavy atom. The van der Waals surface area contributed by atoms with Crippen LogP contribution < -0.4 is 4.90 Å². The maximum absolute atomic E-state index is 2.43. The van der Waals surface area contributed by atoms with Gasteiger partial charge >= 0.3 is 0 Å². The summed E-state index contributed by atoms with van der Waals surface area (Å²) in [5.41, 5.74) is 13.9. The third-order valence-corrected chi connectivity index (χ3v) is 12.6. The quantitative estimate of drug-likeness (QED) is 0.146. The second kappa shape index (κ2) is 14.8. The van der Waals surface area contributed by atoms with Crippen LogP contribution >= 0.6 is 0 Å². The molecule has 0 N–H and O–H groups in total. The van der Waals surface area contributed by atoms with Crippen LogP contribution in [0.3, 0.4) is 0 Å². The van der Waals surface area contributed by atoms with Gasteiger partial charge in [-0.2, -0.15) is 0 Å². The summed E-state index contributed by atoms with van der Waals surface area (Å²) in [6.07, 6.45) is 0. The normalized spacial score (nSPS) is 11.5. The first-order valence-electron chi connectivity index (χ1n) is 21.3. The number of aromatic nitrogens is 1. The summed E-state index contributed by atoms with van der Waals surface area (Å²) < 4.78 is 2.40. The van der Waals surface area contributed by atoms with E-state index in [1.54, 1.807) is 0 Å². The summed E-state index contributed by atoms with van der Waals surface area (Å²) in [7, 11) is 0. The lowest BCUT2D eigenvalue weighted by Gasteiger charge is -2.28. The van der Waals surface area contributed by atoms with Crippen LogP contribution in [0.2, 0.25) is 0 Å². The Kier molecular flexibility index (Phi) is 8.53. The molecule has 0 atom stereocenters. The van der Waals surface area contributed by atoms with Gasteiger partial charge in [0.25, 0.3) is 0 Å². The van der Waals surface area contributed by atoms with E-state index in [1.807, 2.05) is 0 Å². The van der Waals surface area contributed by atoms with Crippen LogP contribution in [-0.4, -0.2) is 4.57 Å². The van der Waals surface area contributed by atoms with Crippen molar-refractivity contribution in [3.05, 3.63) is 243 Å². The van der Waals surface area contributed by atoms with Crippen LogP contribution in [0.15, 0.2) is 243 Å². The Labute approximate surface area is 360 Å². The summed E-state index contributed by atoms with van der Waals surface area (Å²) in [5.74, 6) is 0. The van der Waals surface area contributed by atoms with Crippen molar-refractivity contribution in [2.24, 2.45) is 0 Å². The molecule has 0 bridgehead atoms. The van der Waals surface area contributed by atoms with Crippen molar-refractivity contribution in [2.45, 2.75) is 0 Å². The monoisotopic (exact) mass is 788 g/mol. The second-order valence-corrected chi connectivity index (χ2v) is 16.1. The van der Waals surface area contributed by atoms with Gasteiger partial charge in [0, 0.05) is 33.4 Å². The van der Waals surface area contributed by atoms with Gasteiger partial charge in [-0.15, -0.1) is 0 Å². The molecule has 12 rings (SSSR count). The highest BCUT2D eigenvalue weighted by Gasteiger charge is 2.20. The number of rotatable bonds is 7. The first-order valence-corrected chi connectivity index (χ1v) is 21.3. The van der Waals surface area contributed by atoms with Crippen LogP contribution in [0.4, 0.5) is 17.1 Å². The predicted octanol–water partition coefficient (Wildman–Crippen LogP) is 16.7. The number of hydrogen-bond acceptors (Lipinski definition) is 1. The van der Waals surface area contributed by atoms with Gasteiger partial charge in [-0.05, 0) is 115 Å². The molecule has 0 radical (unpaired) electrons. The molecule has 11 aromatic carbocycles. The highest BCUT2D eigenvalue weighted by Crippen LogP contribution is 2.44. The minimum absolute atomic E-state index is 1.09. The van der Waals surface area contributed by atoms with Gasteiger partial charge in [0.05, 0.1) is 16.7 Å². The van der Waals surface area contributed by atoms with Crippen LogP contribution in [0, 0.1) is 0 Å². The molecule has 0 unspecified atom stereocenters. The molecule has 0 aliphatic carbocycles. The van der Waals surface area contributed by atoms with E-state index in [9.17, 15) is 0 Å². The molecule has 1 aromatic heterocycles. The molecule has 2 heteroatoms. The van der Waals surface area contributed by atoms with Gasteiger partial charge < -0.3 is 9.47 Å². The van der Waals surface area contributed by atoms with Crippen LogP contribution in [-0.2, 0) is 0 Å². The second-order valence-electron chi connectivity index (χ2n) is 16.1. The average Bonchev–Trinajstić information content (AvgIpc) is 3.69. The van der Waals surface area contributed by atoms with Gasteiger partial charge in [-0.1, -0.05) is 188 Å². The zero-order valence-electron chi connectivity index (χ0n) is 34.0. The molecule has 2 nitrogen and oxygen atoms in total. The van der Waals surface area contributed by atoms with Gasteiger partial charge in [0.15, 0.2) is 0 Å². The molecular weight excluding hydrogens is 749 g/mol. The Balaban J connectivity index is 1.03. The zero-order chi connectivity index (χ0) is 41.0. The first kappa shape index (κ1) is 35.7. The smallest absolute Gasteiger partial charge is 0.0541 e. The fourth-order valence-electron chi connectivity index (χ4n) is 9.67. The molecule has 0 saturated carbocycles. The van der Waals surface area contributed by atoms with Gasteiger partial charge in [0.1, 0.15) is 0 Å². The van der Waals surface area contributed by atoms with Gasteiger partial charge in [-0.25, -0.2) is 0 Å². The number of para-hydroxylation sites is 3. The van der Waals surface area contributed by atoms with E-state index < -0.39 is 0 Å². The van der Waals surface area contributed by atoms with E-state index in [0.717, 1.165) is 28.3 Å². The maximum atomic E-state index is 2.43. The Hall–Kier alpha value is -8.20. The summed E-state index contributed by atoms with van der Waals surface area (Å²) in [6, 6.07) is 88.5. The summed E-state index contributed by atoms with van der Waals surface area (Å²) in [5, 5.41) is 10.0. The van der Waals surface area contributed by atoms with Crippen LogP contribution in [0.1, 0.15) is 0 Å². The van der Waals surface area contributed by atoms with Gasteiger partial charge in [-0.3, -0.25) is 0 Å². The number of benzene rings is 11. The van der Waals surface area contributed by atoms with Gasteiger partial charge in [0.2, 0.25) is 0 Å². The molecule has 0 aliphatic heterocycles. The van der Waals surface area contributed by atoms with Crippen molar-refractivity contribution in [3.8, 4) is 39.1 Å². The fraction of sp³-hybridized carbons (Fsp3) is 0. The topological polar surface area (TPSA) is 8.17 Å². The molecule has 0 saturated heterocycles. The third-order valence-electron chi connectivity index (χ3n) is 12.6. The van der Waals surface area contributed by atoms with Crippen molar-refractivity contribution in [2.75, 3.05) is 4.90 Å². The Morgan fingerprint density at radius 3 is 1.50 bits per heavy atom. The number of anilines is 3. The molecule has 0 fully saturated rings. The standard InChI is InChI=1S/C60H40N2/c1-3-15-41(16-4-1)51-21-9-12-24-58(51)61(47-34-29-45-31-36-52-49-20-8-7-19-43(49)30-37-53(52)57(45)39-47)46-32-27-44(28-33-46)50-38-35-48(40-56(50)42-17-5-2-6-18-42)62-59-25-13-10-22-54(59)55-23-11-14-26-60(55)62/h1-40H. The zero-order valence-corrected chi connectivity index (χ0v) is 34.0.